The zero-order valence-corrected chi connectivity index (χ0v) is 13.5. The van der Waals surface area contributed by atoms with Crippen molar-refractivity contribution in [2.24, 2.45) is 5.16 Å². The monoisotopic (exact) mass is 324 g/mol. The number of aryl methyl sites for hydroxylation is 1. The highest BCUT2D eigenvalue weighted by molar-refractivity contribution is 7.19. The van der Waals surface area contributed by atoms with Gasteiger partial charge in [-0.05, 0) is 36.1 Å². The van der Waals surface area contributed by atoms with Gasteiger partial charge in [-0.2, -0.15) is 0 Å². The Kier molecular flexibility index (Phi) is 4.68. The fourth-order valence-corrected chi connectivity index (χ4v) is 3.45. The average molecular weight is 324 g/mol. The smallest absolute Gasteiger partial charge is 0.298 e. The Labute approximate surface area is 138 Å². The fourth-order valence-electron chi connectivity index (χ4n) is 2.29. The quantitative estimate of drug-likeness (QED) is 0.418. The predicted octanol–water partition coefficient (Wildman–Crippen LogP) is 4.99. The van der Waals surface area contributed by atoms with Gasteiger partial charge < -0.3 is 0 Å². The van der Waals surface area contributed by atoms with E-state index in [1.807, 2.05) is 30.3 Å². The van der Waals surface area contributed by atoms with E-state index in [-0.39, 0.29) is 0 Å². The third kappa shape index (κ3) is 3.76. The van der Waals surface area contributed by atoms with E-state index in [2.05, 4.69) is 29.5 Å². The first-order valence-electron chi connectivity index (χ1n) is 7.26. The molecule has 4 nitrogen and oxygen atoms in total. The summed E-state index contributed by atoms with van der Waals surface area (Å²) >= 11 is 1.74. The molecule has 0 saturated heterocycles. The molecule has 0 atom stereocenters. The molecular formula is C18H16N2O2S. The molecule has 0 fully saturated rings. The molecule has 1 amide bonds. The van der Waals surface area contributed by atoms with Gasteiger partial charge in [-0.1, -0.05) is 41.6 Å². The zero-order chi connectivity index (χ0) is 16.1. The van der Waals surface area contributed by atoms with Crippen LogP contribution in [0.4, 0.5) is 10.5 Å². The van der Waals surface area contributed by atoms with Crippen molar-refractivity contribution in [3.63, 3.8) is 0 Å². The van der Waals surface area contributed by atoms with Crippen LogP contribution in [0.1, 0.15) is 10.4 Å². The summed E-state index contributed by atoms with van der Waals surface area (Å²) in [6.45, 7) is 2.10. The minimum atomic E-state index is -0.597. The van der Waals surface area contributed by atoms with Crippen molar-refractivity contribution in [2.75, 3.05) is 5.32 Å². The third-order valence-electron chi connectivity index (χ3n) is 3.45. The van der Waals surface area contributed by atoms with Crippen LogP contribution in [-0.2, 0) is 11.3 Å². The molecule has 0 bridgehead atoms. The fraction of sp³-hybridized carbons (Fsp3) is 0.111. The lowest BCUT2D eigenvalue weighted by atomic mass is 10.1. The van der Waals surface area contributed by atoms with Crippen LogP contribution >= 0.6 is 11.3 Å². The first-order chi connectivity index (χ1) is 11.2. The largest absolute Gasteiger partial charge is 0.437 e. The van der Waals surface area contributed by atoms with Crippen LogP contribution in [0.3, 0.4) is 0 Å². The minimum Gasteiger partial charge on any atom is -0.298 e. The highest BCUT2D eigenvalue weighted by Gasteiger charge is 2.06. The molecule has 0 aliphatic carbocycles. The topological polar surface area (TPSA) is 50.7 Å². The Bertz CT molecular complexity index is 841. The van der Waals surface area contributed by atoms with Gasteiger partial charge in [0.25, 0.3) is 0 Å². The van der Waals surface area contributed by atoms with Gasteiger partial charge in [-0.15, -0.1) is 11.3 Å². The second kappa shape index (κ2) is 7.07. The Morgan fingerprint density at radius 3 is 2.70 bits per heavy atom. The first kappa shape index (κ1) is 15.2. The summed E-state index contributed by atoms with van der Waals surface area (Å²) in [6.07, 6.45) is 1.66. The number of nitrogens with one attached hydrogen (secondary N) is 1. The number of anilines is 1. The molecule has 3 aromatic rings. The summed E-state index contributed by atoms with van der Waals surface area (Å²) in [5.41, 5.74) is 1.93. The molecule has 0 radical (unpaired) electrons. The lowest BCUT2D eigenvalue weighted by Gasteiger charge is -2.01. The van der Waals surface area contributed by atoms with Gasteiger partial charge in [0.15, 0.2) is 0 Å². The van der Waals surface area contributed by atoms with Gasteiger partial charge in [-0.3, -0.25) is 10.2 Å². The number of amides is 1. The summed E-state index contributed by atoms with van der Waals surface area (Å²) in [5.74, 6) is 0. The number of oxime groups is 1. The van der Waals surface area contributed by atoms with E-state index in [1.165, 1.54) is 20.5 Å². The second-order valence-corrected chi connectivity index (χ2v) is 6.15. The van der Waals surface area contributed by atoms with Crippen LogP contribution in [0.2, 0.25) is 0 Å². The maximum absolute atomic E-state index is 11.6. The van der Waals surface area contributed by atoms with Crippen LogP contribution in [0.15, 0.2) is 59.8 Å². The lowest BCUT2D eigenvalue weighted by Crippen LogP contribution is -2.10. The van der Waals surface area contributed by atoms with Crippen LogP contribution in [0.5, 0.6) is 0 Å². The van der Waals surface area contributed by atoms with E-state index < -0.39 is 6.09 Å². The van der Waals surface area contributed by atoms with Crippen molar-refractivity contribution < 1.29 is 9.63 Å². The molecule has 116 valence electrons. The second-order valence-electron chi connectivity index (χ2n) is 5.01. The van der Waals surface area contributed by atoms with Crippen LogP contribution in [0.25, 0.3) is 10.1 Å². The molecule has 0 unspecified atom stereocenters. The molecule has 0 aliphatic heterocycles. The number of benzene rings is 2. The number of para-hydroxylation sites is 1. The van der Waals surface area contributed by atoms with Crippen LogP contribution < -0.4 is 5.32 Å². The standard InChI is InChI=1S/C18H16N2O2S/c1-13-15-9-5-6-10-17(15)23-16(13)11-12-19-22-18(21)20-14-7-3-2-4-8-14/h2-10,12H,11H2,1H3,(H,20,21). The number of thiophene rings is 1. The van der Waals surface area contributed by atoms with Crippen LogP contribution in [0, 0.1) is 6.92 Å². The normalized spacial score (nSPS) is 11.0. The number of hydrogen-bond acceptors (Lipinski definition) is 4. The van der Waals surface area contributed by atoms with E-state index >= 15 is 0 Å². The molecule has 1 N–H and O–H groups in total. The highest BCUT2D eigenvalue weighted by atomic mass is 32.1. The molecule has 1 heterocycles. The first-order valence-corrected chi connectivity index (χ1v) is 8.07. The number of carbonyl (C=O) groups is 1. The maximum atomic E-state index is 11.6. The summed E-state index contributed by atoms with van der Waals surface area (Å²) in [7, 11) is 0. The number of fused-ring (bicyclic) bond motifs is 1. The molecule has 23 heavy (non-hydrogen) atoms. The maximum Gasteiger partial charge on any atom is 0.437 e. The Morgan fingerprint density at radius 1 is 1.17 bits per heavy atom. The molecule has 5 heteroatoms. The van der Waals surface area contributed by atoms with Gasteiger partial charge >= 0.3 is 6.09 Å². The molecule has 0 spiro atoms. The number of nitrogens with zero attached hydrogens (tertiary/aromatic N) is 1. The summed E-state index contributed by atoms with van der Waals surface area (Å²) in [5, 5.41) is 7.61. The molecule has 2 aromatic carbocycles. The van der Waals surface area contributed by atoms with Crippen molar-refractivity contribution >= 4 is 39.4 Å². The van der Waals surface area contributed by atoms with Crippen molar-refractivity contribution in [1.82, 2.24) is 0 Å². The molecule has 0 saturated carbocycles. The number of hydrogen-bond donors (Lipinski definition) is 1. The zero-order valence-electron chi connectivity index (χ0n) is 12.7. The highest BCUT2D eigenvalue weighted by Crippen LogP contribution is 2.30. The van der Waals surface area contributed by atoms with Crippen molar-refractivity contribution in [2.45, 2.75) is 13.3 Å². The third-order valence-corrected chi connectivity index (χ3v) is 4.74. The molecular weight excluding hydrogens is 308 g/mol. The Balaban J connectivity index is 1.56. The van der Waals surface area contributed by atoms with E-state index in [9.17, 15) is 4.79 Å². The summed E-state index contributed by atoms with van der Waals surface area (Å²) < 4.78 is 1.26. The van der Waals surface area contributed by atoms with Gasteiger partial charge in [0.05, 0.1) is 0 Å². The van der Waals surface area contributed by atoms with Gasteiger partial charge in [-0.25, -0.2) is 4.79 Å². The van der Waals surface area contributed by atoms with Crippen molar-refractivity contribution in [3.8, 4) is 0 Å². The van der Waals surface area contributed by atoms with E-state index in [0.29, 0.717) is 12.1 Å². The Hall–Kier alpha value is -2.66. The van der Waals surface area contributed by atoms with Gasteiger partial charge in [0, 0.05) is 27.9 Å². The molecule has 0 aliphatic rings. The Morgan fingerprint density at radius 2 is 1.91 bits per heavy atom. The number of rotatable bonds is 4. The SMILES string of the molecule is Cc1c(CC=NOC(=O)Nc2ccccc2)sc2ccccc12. The predicted molar refractivity (Wildman–Crippen MR) is 95.3 cm³/mol. The molecule has 3 rings (SSSR count). The average Bonchev–Trinajstić information content (AvgIpc) is 2.89. The van der Waals surface area contributed by atoms with Gasteiger partial charge in [0.2, 0.25) is 0 Å². The summed E-state index contributed by atoms with van der Waals surface area (Å²) in [4.78, 5) is 17.6. The minimum absolute atomic E-state index is 0.597. The van der Waals surface area contributed by atoms with E-state index in [4.69, 9.17) is 4.84 Å². The van der Waals surface area contributed by atoms with Gasteiger partial charge in [0.1, 0.15) is 0 Å². The lowest BCUT2D eigenvalue weighted by molar-refractivity contribution is 0.167. The van der Waals surface area contributed by atoms with Crippen LogP contribution in [-0.4, -0.2) is 12.3 Å². The van der Waals surface area contributed by atoms with Crippen molar-refractivity contribution in [1.29, 1.82) is 0 Å². The molecule has 1 aromatic heterocycles. The number of carbonyl (C=O) groups excluding carboxylic acids is 1. The van der Waals surface area contributed by atoms with Crippen molar-refractivity contribution in [3.05, 3.63) is 65.0 Å². The van der Waals surface area contributed by atoms with E-state index in [1.54, 1.807) is 29.7 Å². The van der Waals surface area contributed by atoms with E-state index in [0.717, 1.165) is 0 Å². The summed E-state index contributed by atoms with van der Waals surface area (Å²) in [6, 6.07) is 17.4.